The Morgan fingerprint density at radius 1 is 1.28 bits per heavy atom. The molecule has 2 aromatic heterocycles. The van der Waals surface area contributed by atoms with Crippen LogP contribution in [0.3, 0.4) is 0 Å². The zero-order chi connectivity index (χ0) is 18.2. The second-order valence-corrected chi connectivity index (χ2v) is 7.57. The van der Waals surface area contributed by atoms with Crippen molar-refractivity contribution in [1.82, 2.24) is 19.4 Å². The molecule has 1 amide bonds. The highest BCUT2D eigenvalue weighted by molar-refractivity contribution is 6.29. The summed E-state index contributed by atoms with van der Waals surface area (Å²) in [5.41, 5.74) is -0.112. The first kappa shape index (κ1) is 17.7. The molecule has 0 radical (unpaired) electrons. The number of piperidine rings is 1. The molecule has 0 aliphatic carbocycles. The summed E-state index contributed by atoms with van der Waals surface area (Å²) >= 11 is 5.84. The number of halogens is 1. The molecule has 0 unspecified atom stereocenters. The Labute approximate surface area is 150 Å². The number of nitrogens with zero attached hydrogens (tertiary/aromatic N) is 4. The minimum Gasteiger partial charge on any atom is -0.444 e. The summed E-state index contributed by atoms with van der Waals surface area (Å²) in [5, 5.41) is 0.754. The van der Waals surface area contributed by atoms with E-state index in [0.29, 0.717) is 42.0 Å². The molecule has 0 spiro atoms. The van der Waals surface area contributed by atoms with E-state index in [1.54, 1.807) is 21.9 Å². The molecule has 1 aliphatic heterocycles. The number of likely N-dealkylation sites (tertiary alicyclic amines) is 1. The van der Waals surface area contributed by atoms with Crippen molar-refractivity contribution in [2.24, 2.45) is 0 Å². The SMILES string of the molecule is CC(C)(C)OC(=O)N1CCC(n2cnc3cc(Cl)ncc3c2=O)CC1. The molecule has 25 heavy (non-hydrogen) atoms. The van der Waals surface area contributed by atoms with Gasteiger partial charge < -0.3 is 9.64 Å². The molecular formula is C17H21ClN4O3. The van der Waals surface area contributed by atoms with E-state index in [9.17, 15) is 9.59 Å². The molecule has 0 N–H and O–H groups in total. The lowest BCUT2D eigenvalue weighted by Crippen LogP contribution is -2.43. The minimum absolute atomic E-state index is 0.00114. The molecule has 134 valence electrons. The lowest BCUT2D eigenvalue weighted by molar-refractivity contribution is 0.0187. The summed E-state index contributed by atoms with van der Waals surface area (Å²) in [6.45, 7) is 6.63. The first-order chi connectivity index (χ1) is 11.7. The van der Waals surface area contributed by atoms with E-state index < -0.39 is 5.60 Å². The summed E-state index contributed by atoms with van der Waals surface area (Å²) in [4.78, 5) is 34.8. The van der Waals surface area contributed by atoms with Gasteiger partial charge in [0.25, 0.3) is 5.56 Å². The van der Waals surface area contributed by atoms with E-state index in [1.165, 1.54) is 6.20 Å². The molecule has 0 atom stereocenters. The maximum atomic E-state index is 12.7. The number of rotatable bonds is 1. The zero-order valence-electron chi connectivity index (χ0n) is 14.5. The van der Waals surface area contributed by atoms with Crippen molar-refractivity contribution in [3.05, 3.63) is 34.1 Å². The van der Waals surface area contributed by atoms with E-state index >= 15 is 0 Å². The smallest absolute Gasteiger partial charge is 0.410 e. The second-order valence-electron chi connectivity index (χ2n) is 7.18. The van der Waals surface area contributed by atoms with Crippen LogP contribution in [-0.4, -0.2) is 44.2 Å². The topological polar surface area (TPSA) is 77.3 Å². The first-order valence-corrected chi connectivity index (χ1v) is 8.63. The number of aromatic nitrogens is 3. The molecule has 3 rings (SSSR count). The molecule has 0 aromatic carbocycles. The van der Waals surface area contributed by atoms with E-state index in [4.69, 9.17) is 16.3 Å². The van der Waals surface area contributed by atoms with Gasteiger partial charge in [-0.05, 0) is 33.6 Å². The van der Waals surface area contributed by atoms with Crippen molar-refractivity contribution in [2.45, 2.75) is 45.3 Å². The van der Waals surface area contributed by atoms with Gasteiger partial charge in [-0.3, -0.25) is 9.36 Å². The van der Waals surface area contributed by atoms with E-state index in [-0.39, 0.29) is 17.7 Å². The Bertz CT molecular complexity index is 851. The number of carbonyl (C=O) groups is 1. The quantitative estimate of drug-likeness (QED) is 0.727. The van der Waals surface area contributed by atoms with Crippen LogP contribution in [0.4, 0.5) is 4.79 Å². The molecule has 7 nitrogen and oxygen atoms in total. The van der Waals surface area contributed by atoms with Crippen molar-refractivity contribution in [3.63, 3.8) is 0 Å². The van der Waals surface area contributed by atoms with Gasteiger partial charge in [0.15, 0.2) is 0 Å². The Balaban J connectivity index is 1.74. The number of pyridine rings is 1. The Morgan fingerprint density at radius 2 is 1.96 bits per heavy atom. The van der Waals surface area contributed by atoms with Crippen molar-refractivity contribution in [3.8, 4) is 0 Å². The number of carbonyl (C=O) groups excluding carboxylic acids is 1. The fraction of sp³-hybridized carbons (Fsp3) is 0.529. The van der Waals surface area contributed by atoms with E-state index in [1.807, 2.05) is 20.8 Å². The predicted octanol–water partition coefficient (Wildman–Crippen LogP) is 3.02. The van der Waals surface area contributed by atoms with Crippen molar-refractivity contribution in [1.29, 1.82) is 0 Å². The summed E-state index contributed by atoms with van der Waals surface area (Å²) in [6.07, 6.45) is 4.04. The highest BCUT2D eigenvalue weighted by atomic mass is 35.5. The van der Waals surface area contributed by atoms with Gasteiger partial charge in [0.2, 0.25) is 0 Å². The fourth-order valence-corrected chi connectivity index (χ4v) is 3.07. The molecule has 2 aromatic rings. The second kappa shape index (κ2) is 6.63. The fourth-order valence-electron chi connectivity index (χ4n) is 2.92. The molecule has 1 fully saturated rings. The Morgan fingerprint density at radius 3 is 2.60 bits per heavy atom. The lowest BCUT2D eigenvalue weighted by Gasteiger charge is -2.34. The monoisotopic (exact) mass is 364 g/mol. The van der Waals surface area contributed by atoms with Crippen LogP contribution in [0.1, 0.15) is 39.7 Å². The normalized spacial score (nSPS) is 16.2. The highest BCUT2D eigenvalue weighted by Crippen LogP contribution is 2.23. The molecule has 8 heteroatoms. The van der Waals surface area contributed by atoms with Crippen molar-refractivity contribution < 1.29 is 9.53 Å². The highest BCUT2D eigenvalue weighted by Gasteiger charge is 2.28. The molecule has 3 heterocycles. The van der Waals surface area contributed by atoms with Gasteiger partial charge >= 0.3 is 6.09 Å². The zero-order valence-corrected chi connectivity index (χ0v) is 15.3. The predicted molar refractivity (Wildman–Crippen MR) is 94.9 cm³/mol. The number of amides is 1. The van der Waals surface area contributed by atoms with Crippen LogP contribution in [0.15, 0.2) is 23.4 Å². The van der Waals surface area contributed by atoms with Gasteiger partial charge in [-0.2, -0.15) is 0 Å². The minimum atomic E-state index is -0.512. The third-order valence-electron chi connectivity index (χ3n) is 4.14. The van der Waals surface area contributed by atoms with Crippen LogP contribution in [0.2, 0.25) is 5.15 Å². The van der Waals surface area contributed by atoms with Gasteiger partial charge in [0.1, 0.15) is 10.8 Å². The van der Waals surface area contributed by atoms with Crippen molar-refractivity contribution in [2.75, 3.05) is 13.1 Å². The maximum absolute atomic E-state index is 12.7. The number of fused-ring (bicyclic) bond motifs is 1. The summed E-state index contributed by atoms with van der Waals surface area (Å²) < 4.78 is 7.03. The number of hydrogen-bond donors (Lipinski definition) is 0. The van der Waals surface area contributed by atoms with Gasteiger partial charge in [-0.15, -0.1) is 0 Å². The van der Waals surface area contributed by atoms with Crippen LogP contribution in [0.5, 0.6) is 0 Å². The molecule has 0 saturated carbocycles. The van der Waals surface area contributed by atoms with Crippen LogP contribution in [0.25, 0.3) is 10.9 Å². The standard InChI is InChI=1S/C17H21ClN4O3/c1-17(2,3)25-16(24)21-6-4-11(5-7-21)22-10-20-13-8-14(18)19-9-12(13)15(22)23/h8-11H,4-7H2,1-3H3. The van der Waals surface area contributed by atoms with E-state index in [2.05, 4.69) is 9.97 Å². The Kier molecular flexibility index (Phi) is 4.69. The third kappa shape index (κ3) is 3.92. The first-order valence-electron chi connectivity index (χ1n) is 8.25. The average Bonchev–Trinajstić information content (AvgIpc) is 2.53. The van der Waals surface area contributed by atoms with Crippen molar-refractivity contribution >= 4 is 28.6 Å². The average molecular weight is 365 g/mol. The van der Waals surface area contributed by atoms with Gasteiger partial charge in [0, 0.05) is 31.4 Å². The summed E-state index contributed by atoms with van der Waals surface area (Å²) in [7, 11) is 0. The number of hydrogen-bond acceptors (Lipinski definition) is 5. The summed E-state index contributed by atoms with van der Waals surface area (Å²) in [5.74, 6) is 0. The van der Waals surface area contributed by atoms with E-state index in [0.717, 1.165) is 0 Å². The summed E-state index contributed by atoms with van der Waals surface area (Å²) in [6, 6.07) is 1.58. The van der Waals surface area contributed by atoms with Gasteiger partial charge in [-0.25, -0.2) is 14.8 Å². The van der Waals surface area contributed by atoms with Crippen LogP contribution >= 0.6 is 11.6 Å². The third-order valence-corrected chi connectivity index (χ3v) is 4.35. The largest absolute Gasteiger partial charge is 0.444 e. The maximum Gasteiger partial charge on any atom is 0.410 e. The lowest BCUT2D eigenvalue weighted by atomic mass is 10.1. The molecule has 1 aliphatic rings. The molecule has 1 saturated heterocycles. The van der Waals surface area contributed by atoms with Crippen LogP contribution < -0.4 is 5.56 Å². The Hall–Kier alpha value is -2.15. The number of ether oxygens (including phenoxy) is 1. The van der Waals surface area contributed by atoms with Gasteiger partial charge in [0.05, 0.1) is 17.2 Å². The van der Waals surface area contributed by atoms with Crippen LogP contribution in [-0.2, 0) is 4.74 Å². The van der Waals surface area contributed by atoms with Crippen LogP contribution in [0, 0.1) is 0 Å². The van der Waals surface area contributed by atoms with Gasteiger partial charge in [-0.1, -0.05) is 11.6 Å². The molecule has 0 bridgehead atoms. The molecular weight excluding hydrogens is 344 g/mol.